The molecule has 2 aromatic heterocycles. The minimum Gasteiger partial charge on any atom is -0.366 e. The molecule has 2 aliphatic heterocycles. The molecule has 3 fully saturated rings. The van der Waals surface area contributed by atoms with Crippen LogP contribution in [0.25, 0.3) is 0 Å². The number of likely N-dealkylation sites (tertiary alicyclic amines) is 1. The zero-order valence-electron chi connectivity index (χ0n) is 14.1. The normalized spacial score (nSPS) is 30.6. The summed E-state index contributed by atoms with van der Waals surface area (Å²) in [6.45, 7) is 3.18. The zero-order chi connectivity index (χ0) is 16.1. The molecule has 0 unspecified atom stereocenters. The van der Waals surface area contributed by atoms with Crippen LogP contribution in [0.3, 0.4) is 0 Å². The molecular weight excluding hydrogens is 320 g/mol. The maximum Gasteiger partial charge on any atom is 0.122 e. The second-order valence-electron chi connectivity index (χ2n) is 7.59. The molecule has 4 heterocycles. The first-order valence-electron chi connectivity index (χ1n) is 9.05. The van der Waals surface area contributed by atoms with Gasteiger partial charge in [-0.15, -0.1) is 11.3 Å². The molecule has 0 amide bonds. The van der Waals surface area contributed by atoms with E-state index in [9.17, 15) is 0 Å². The van der Waals surface area contributed by atoms with Gasteiger partial charge >= 0.3 is 0 Å². The van der Waals surface area contributed by atoms with Crippen molar-refractivity contribution in [2.24, 2.45) is 13.0 Å². The predicted molar refractivity (Wildman–Crippen MR) is 92.9 cm³/mol. The highest BCUT2D eigenvalue weighted by Gasteiger charge is 2.41. The first kappa shape index (κ1) is 15.0. The summed E-state index contributed by atoms with van der Waals surface area (Å²) in [4.78, 5) is 7.38. The molecule has 6 heteroatoms. The van der Waals surface area contributed by atoms with E-state index in [4.69, 9.17) is 9.72 Å². The van der Waals surface area contributed by atoms with E-state index in [1.807, 2.05) is 17.9 Å². The lowest BCUT2D eigenvalue weighted by molar-refractivity contribution is -0.00943. The van der Waals surface area contributed by atoms with Gasteiger partial charge in [-0.3, -0.25) is 9.58 Å². The molecule has 5 nitrogen and oxygen atoms in total. The molecular formula is C18H24N4OS. The second kappa shape index (κ2) is 5.93. The Morgan fingerprint density at radius 3 is 3.04 bits per heavy atom. The molecule has 1 saturated carbocycles. The van der Waals surface area contributed by atoms with Crippen molar-refractivity contribution in [1.82, 2.24) is 19.7 Å². The number of ether oxygens (including phenoxy) is 1. The van der Waals surface area contributed by atoms with Gasteiger partial charge in [0.05, 0.1) is 18.0 Å². The molecule has 0 bridgehead atoms. The predicted octanol–water partition coefficient (Wildman–Crippen LogP) is 3.11. The van der Waals surface area contributed by atoms with Crippen molar-refractivity contribution in [2.75, 3.05) is 13.1 Å². The molecule has 2 aromatic rings. The van der Waals surface area contributed by atoms with Crippen LogP contribution in [0.4, 0.5) is 0 Å². The van der Waals surface area contributed by atoms with Crippen LogP contribution in [0.1, 0.15) is 54.0 Å². The Kier molecular flexibility index (Phi) is 3.72. The fraction of sp³-hybridized carbons (Fsp3) is 0.667. The quantitative estimate of drug-likeness (QED) is 0.855. The molecule has 3 aliphatic rings. The molecule has 1 aliphatic carbocycles. The summed E-state index contributed by atoms with van der Waals surface area (Å²) >= 11 is 1.81. The Hall–Kier alpha value is -1.24. The first-order valence-corrected chi connectivity index (χ1v) is 9.93. The summed E-state index contributed by atoms with van der Waals surface area (Å²) in [6.07, 6.45) is 9.72. The molecule has 5 rings (SSSR count). The van der Waals surface area contributed by atoms with Gasteiger partial charge in [0.15, 0.2) is 0 Å². The maximum atomic E-state index is 6.42. The number of aromatic nitrogens is 3. The topological polar surface area (TPSA) is 43.2 Å². The van der Waals surface area contributed by atoms with E-state index in [0.717, 1.165) is 32.0 Å². The highest BCUT2D eigenvalue weighted by molar-refractivity contribution is 7.09. The average Bonchev–Trinajstić information content (AvgIpc) is 2.98. The highest BCUT2D eigenvalue weighted by atomic mass is 32.1. The molecule has 24 heavy (non-hydrogen) atoms. The second-order valence-corrected chi connectivity index (χ2v) is 8.48. The van der Waals surface area contributed by atoms with E-state index in [2.05, 4.69) is 21.6 Å². The molecule has 0 aromatic carbocycles. The van der Waals surface area contributed by atoms with E-state index in [0.29, 0.717) is 12.0 Å². The van der Waals surface area contributed by atoms with Gasteiger partial charge in [-0.2, -0.15) is 5.10 Å². The number of hydrogen-bond acceptors (Lipinski definition) is 5. The van der Waals surface area contributed by atoms with Crippen LogP contribution < -0.4 is 0 Å². The van der Waals surface area contributed by atoms with Crippen molar-refractivity contribution < 1.29 is 4.74 Å². The fourth-order valence-corrected chi connectivity index (χ4v) is 5.07. The van der Waals surface area contributed by atoms with Gasteiger partial charge in [-0.1, -0.05) is 0 Å². The monoisotopic (exact) mass is 344 g/mol. The summed E-state index contributed by atoms with van der Waals surface area (Å²) < 4.78 is 8.30. The van der Waals surface area contributed by atoms with Crippen LogP contribution in [0.15, 0.2) is 17.8 Å². The van der Waals surface area contributed by atoms with Gasteiger partial charge in [0.25, 0.3) is 0 Å². The third-order valence-corrected chi connectivity index (χ3v) is 6.57. The SMILES string of the molecule is Cn1cc(CN2CC[C@H]3C[C@@H](c4nc(C5CC5)cs4)O[C@@H]3C2)cn1. The Morgan fingerprint density at radius 2 is 2.25 bits per heavy atom. The summed E-state index contributed by atoms with van der Waals surface area (Å²) in [5, 5.41) is 7.74. The van der Waals surface area contributed by atoms with Crippen LogP contribution in [0.2, 0.25) is 0 Å². The number of thiazole rings is 1. The van der Waals surface area contributed by atoms with Crippen molar-refractivity contribution in [3.63, 3.8) is 0 Å². The van der Waals surface area contributed by atoms with Crippen LogP contribution in [0.5, 0.6) is 0 Å². The lowest BCUT2D eigenvalue weighted by atomic mass is 9.92. The van der Waals surface area contributed by atoms with Gasteiger partial charge < -0.3 is 4.74 Å². The minimum absolute atomic E-state index is 0.232. The average molecular weight is 344 g/mol. The van der Waals surface area contributed by atoms with Crippen LogP contribution in [-0.4, -0.2) is 38.9 Å². The summed E-state index contributed by atoms with van der Waals surface area (Å²) in [6, 6.07) is 0. The number of rotatable bonds is 4. The van der Waals surface area contributed by atoms with Crippen molar-refractivity contribution in [3.8, 4) is 0 Å². The molecule has 128 valence electrons. The number of piperidine rings is 1. The number of nitrogens with zero attached hydrogens (tertiary/aromatic N) is 4. The van der Waals surface area contributed by atoms with E-state index >= 15 is 0 Å². The van der Waals surface area contributed by atoms with Crippen molar-refractivity contribution in [3.05, 3.63) is 34.0 Å². The maximum absolute atomic E-state index is 6.42. The zero-order valence-corrected chi connectivity index (χ0v) is 14.9. The minimum atomic E-state index is 0.232. The van der Waals surface area contributed by atoms with Gasteiger partial charge in [-0.05, 0) is 38.1 Å². The summed E-state index contributed by atoms with van der Waals surface area (Å²) in [5.41, 5.74) is 2.60. The van der Waals surface area contributed by atoms with E-state index < -0.39 is 0 Å². The fourth-order valence-electron chi connectivity index (χ4n) is 4.12. The lowest BCUT2D eigenvalue weighted by Gasteiger charge is -2.33. The highest BCUT2D eigenvalue weighted by Crippen LogP contribution is 2.45. The molecule has 0 spiro atoms. The van der Waals surface area contributed by atoms with Gasteiger partial charge in [0.2, 0.25) is 0 Å². The summed E-state index contributed by atoms with van der Waals surface area (Å²) in [7, 11) is 1.98. The Balaban J connectivity index is 1.22. The number of fused-ring (bicyclic) bond motifs is 1. The Bertz CT molecular complexity index is 722. The third kappa shape index (κ3) is 2.91. The van der Waals surface area contributed by atoms with Gasteiger partial charge in [0, 0.05) is 43.2 Å². The van der Waals surface area contributed by atoms with E-state index in [1.54, 1.807) is 11.3 Å². The van der Waals surface area contributed by atoms with E-state index in [1.165, 1.54) is 35.5 Å². The first-order chi connectivity index (χ1) is 11.7. The molecule has 3 atom stereocenters. The van der Waals surface area contributed by atoms with Crippen molar-refractivity contribution in [1.29, 1.82) is 0 Å². The number of hydrogen-bond donors (Lipinski definition) is 0. The molecule has 0 radical (unpaired) electrons. The van der Waals surface area contributed by atoms with Crippen molar-refractivity contribution in [2.45, 2.75) is 50.4 Å². The van der Waals surface area contributed by atoms with Crippen molar-refractivity contribution >= 4 is 11.3 Å². The molecule has 0 N–H and O–H groups in total. The Labute approximate surface area is 146 Å². The third-order valence-electron chi connectivity index (χ3n) is 5.61. The van der Waals surface area contributed by atoms with Gasteiger partial charge in [0.1, 0.15) is 11.1 Å². The lowest BCUT2D eigenvalue weighted by Crippen LogP contribution is -2.41. The number of aryl methyl sites for hydroxylation is 1. The Morgan fingerprint density at radius 1 is 1.33 bits per heavy atom. The van der Waals surface area contributed by atoms with Crippen LogP contribution >= 0.6 is 11.3 Å². The van der Waals surface area contributed by atoms with Gasteiger partial charge in [-0.25, -0.2) is 4.98 Å². The largest absolute Gasteiger partial charge is 0.366 e. The van der Waals surface area contributed by atoms with Crippen LogP contribution in [0, 0.1) is 5.92 Å². The van der Waals surface area contributed by atoms with E-state index in [-0.39, 0.29) is 6.10 Å². The summed E-state index contributed by atoms with van der Waals surface area (Å²) in [5.74, 6) is 1.45. The van der Waals surface area contributed by atoms with Crippen LogP contribution in [-0.2, 0) is 18.3 Å². The smallest absolute Gasteiger partial charge is 0.122 e. The standard InChI is InChI=1S/C18H24N4OS/c1-21-8-12(7-19-21)9-22-5-4-14-6-16(23-17(14)10-22)18-20-15(11-24-18)13-2-3-13/h7-8,11,13-14,16-17H,2-6,9-10H2,1H3/t14-,16-,17+/m0/s1. The molecule has 2 saturated heterocycles.